The number of aromatic nitrogens is 2. The molecule has 0 unspecified atom stereocenters. The molecule has 0 spiro atoms. The number of carbonyl (C=O) groups is 1. The zero-order valence-corrected chi connectivity index (χ0v) is 16.2. The smallest absolute Gasteiger partial charge is 0.254 e. The second-order valence-corrected chi connectivity index (χ2v) is 8.03. The first-order valence-electron chi connectivity index (χ1n) is 9.92. The Balaban J connectivity index is 1.48. The van der Waals surface area contributed by atoms with Crippen LogP contribution in [0.4, 0.5) is 4.39 Å². The molecule has 5 rings (SSSR count). The van der Waals surface area contributed by atoms with Gasteiger partial charge in [0.2, 0.25) is 0 Å². The predicted octanol–water partition coefficient (Wildman–Crippen LogP) is 3.01. The number of nitrogens with zero attached hydrogens (tertiary/aromatic N) is 3. The summed E-state index contributed by atoms with van der Waals surface area (Å²) in [6, 6.07) is 11.1. The Labute approximate surface area is 172 Å². The fourth-order valence-corrected chi connectivity index (χ4v) is 4.65. The highest BCUT2D eigenvalue weighted by Crippen LogP contribution is 2.37. The van der Waals surface area contributed by atoms with Crippen LogP contribution >= 0.6 is 0 Å². The standard InChI is InChI=1S/C23H20FN3O3/c24-19-4-3-15(8-21(19)28)23(30)26-11-14-6-18(13-26)20-7-17(9-22(29)27(20)12-14)16-2-1-5-25-10-16/h1-5,7-10,14,18,28H,6,11-13H2/t14-,18+/m0/s1. The predicted molar refractivity (Wildman–Crippen MR) is 109 cm³/mol. The lowest BCUT2D eigenvalue weighted by Crippen LogP contribution is -2.49. The van der Waals surface area contributed by atoms with E-state index in [4.69, 9.17) is 0 Å². The van der Waals surface area contributed by atoms with Gasteiger partial charge in [-0.1, -0.05) is 6.07 Å². The number of fused-ring (bicyclic) bond motifs is 4. The second kappa shape index (κ2) is 7.09. The van der Waals surface area contributed by atoms with E-state index in [0.29, 0.717) is 19.6 Å². The molecule has 6 nitrogen and oxygen atoms in total. The molecular formula is C23H20FN3O3. The van der Waals surface area contributed by atoms with Crippen LogP contribution in [0.2, 0.25) is 0 Å². The van der Waals surface area contributed by atoms with E-state index in [0.717, 1.165) is 29.3 Å². The maximum atomic E-state index is 13.4. The number of carbonyl (C=O) groups excluding carboxylic acids is 1. The minimum absolute atomic E-state index is 0.0377. The summed E-state index contributed by atoms with van der Waals surface area (Å²) in [6.45, 7) is 1.57. The minimum Gasteiger partial charge on any atom is -0.505 e. The highest BCUT2D eigenvalue weighted by Gasteiger charge is 2.37. The van der Waals surface area contributed by atoms with E-state index in [2.05, 4.69) is 4.98 Å². The SMILES string of the molecule is O=C(c1ccc(F)c(O)c1)N1C[C@@H]2C[C@H](C1)c1cc(-c3cccnc3)cc(=O)n1C2. The van der Waals surface area contributed by atoms with E-state index < -0.39 is 11.6 Å². The number of rotatable bonds is 2. The molecule has 2 aliphatic rings. The number of aromatic hydroxyl groups is 1. The van der Waals surface area contributed by atoms with Gasteiger partial charge in [0.1, 0.15) is 0 Å². The fraction of sp³-hybridized carbons (Fsp3) is 0.261. The first kappa shape index (κ1) is 18.5. The monoisotopic (exact) mass is 405 g/mol. The molecule has 0 radical (unpaired) electrons. The quantitative estimate of drug-likeness (QED) is 0.711. The number of hydrogen-bond acceptors (Lipinski definition) is 4. The lowest BCUT2D eigenvalue weighted by atomic mass is 9.82. The van der Waals surface area contributed by atoms with Gasteiger partial charge < -0.3 is 14.6 Å². The molecule has 2 aliphatic heterocycles. The van der Waals surface area contributed by atoms with Crippen LogP contribution in [-0.4, -0.2) is 38.6 Å². The van der Waals surface area contributed by atoms with Gasteiger partial charge in [-0.15, -0.1) is 0 Å². The molecule has 4 heterocycles. The molecule has 1 N–H and O–H groups in total. The maximum Gasteiger partial charge on any atom is 0.254 e. The van der Waals surface area contributed by atoms with Crippen molar-refractivity contribution in [1.82, 2.24) is 14.5 Å². The van der Waals surface area contributed by atoms with E-state index in [-0.39, 0.29) is 28.9 Å². The van der Waals surface area contributed by atoms with Gasteiger partial charge in [-0.05, 0) is 48.2 Å². The summed E-state index contributed by atoms with van der Waals surface area (Å²) in [5.41, 5.74) is 2.85. The summed E-state index contributed by atoms with van der Waals surface area (Å²) in [6.07, 6.45) is 4.33. The van der Waals surface area contributed by atoms with Gasteiger partial charge in [0, 0.05) is 60.8 Å². The number of phenolic OH excluding ortho intramolecular Hbond substituents is 1. The number of piperidine rings is 1. The average molecular weight is 405 g/mol. The van der Waals surface area contributed by atoms with Gasteiger partial charge in [0.25, 0.3) is 11.5 Å². The molecule has 1 saturated heterocycles. The summed E-state index contributed by atoms with van der Waals surface area (Å²) in [5.74, 6) is -1.30. The Bertz CT molecular complexity index is 1190. The molecule has 1 fully saturated rings. The van der Waals surface area contributed by atoms with E-state index in [9.17, 15) is 19.1 Å². The number of hydrogen-bond donors (Lipinski definition) is 1. The lowest BCUT2D eigenvalue weighted by molar-refractivity contribution is 0.0594. The number of likely N-dealkylation sites (tertiary alicyclic amines) is 1. The van der Waals surface area contributed by atoms with Gasteiger partial charge >= 0.3 is 0 Å². The average Bonchev–Trinajstić information content (AvgIpc) is 2.76. The topological polar surface area (TPSA) is 75.4 Å². The Hall–Kier alpha value is -3.48. The molecule has 152 valence electrons. The Morgan fingerprint density at radius 2 is 1.97 bits per heavy atom. The van der Waals surface area contributed by atoms with Crippen molar-refractivity contribution in [2.24, 2.45) is 5.92 Å². The van der Waals surface area contributed by atoms with E-state index in [1.807, 2.05) is 22.8 Å². The second-order valence-electron chi connectivity index (χ2n) is 8.03. The van der Waals surface area contributed by atoms with Crippen LogP contribution < -0.4 is 5.56 Å². The van der Waals surface area contributed by atoms with Crippen LogP contribution in [0.3, 0.4) is 0 Å². The molecule has 1 amide bonds. The Morgan fingerprint density at radius 3 is 2.73 bits per heavy atom. The molecule has 3 aromatic rings. The minimum atomic E-state index is -0.752. The van der Waals surface area contributed by atoms with Crippen LogP contribution in [0.5, 0.6) is 5.75 Å². The number of halogens is 1. The fourth-order valence-electron chi connectivity index (χ4n) is 4.65. The van der Waals surface area contributed by atoms with Gasteiger partial charge in [-0.25, -0.2) is 4.39 Å². The molecule has 30 heavy (non-hydrogen) atoms. The van der Waals surface area contributed by atoms with Crippen molar-refractivity contribution in [3.63, 3.8) is 0 Å². The van der Waals surface area contributed by atoms with Crippen LogP contribution in [0.25, 0.3) is 11.1 Å². The lowest BCUT2D eigenvalue weighted by Gasteiger charge is -2.43. The number of pyridine rings is 2. The zero-order valence-electron chi connectivity index (χ0n) is 16.2. The van der Waals surface area contributed by atoms with Gasteiger partial charge in [-0.3, -0.25) is 14.6 Å². The summed E-state index contributed by atoms with van der Waals surface area (Å²) < 4.78 is 15.2. The van der Waals surface area contributed by atoms with E-state index >= 15 is 0 Å². The molecule has 2 atom stereocenters. The number of benzene rings is 1. The number of amides is 1. The molecule has 0 aliphatic carbocycles. The van der Waals surface area contributed by atoms with Crippen LogP contribution in [0.1, 0.15) is 28.4 Å². The number of phenols is 1. The van der Waals surface area contributed by atoms with Crippen LogP contribution in [0.15, 0.2) is 59.7 Å². The van der Waals surface area contributed by atoms with Gasteiger partial charge in [0.15, 0.2) is 11.6 Å². The van der Waals surface area contributed by atoms with Crippen molar-refractivity contribution in [1.29, 1.82) is 0 Å². The highest BCUT2D eigenvalue weighted by atomic mass is 19.1. The molecule has 1 aromatic carbocycles. The van der Waals surface area contributed by atoms with E-state index in [1.165, 1.54) is 12.1 Å². The Kier molecular flexibility index (Phi) is 4.38. The summed E-state index contributed by atoms with van der Waals surface area (Å²) >= 11 is 0. The zero-order chi connectivity index (χ0) is 20.8. The van der Waals surface area contributed by atoms with Crippen molar-refractivity contribution in [2.45, 2.75) is 18.9 Å². The molecule has 2 bridgehead atoms. The van der Waals surface area contributed by atoms with Crippen molar-refractivity contribution >= 4 is 5.91 Å². The normalized spacial score (nSPS) is 20.0. The third kappa shape index (κ3) is 3.16. The van der Waals surface area contributed by atoms with E-state index in [1.54, 1.807) is 23.4 Å². The third-order valence-electron chi connectivity index (χ3n) is 6.03. The molecular weight excluding hydrogens is 385 g/mol. The molecule has 0 saturated carbocycles. The third-order valence-corrected chi connectivity index (χ3v) is 6.03. The Morgan fingerprint density at radius 1 is 1.10 bits per heavy atom. The summed E-state index contributed by atoms with van der Waals surface area (Å²) in [4.78, 5) is 31.7. The van der Waals surface area contributed by atoms with Crippen molar-refractivity contribution < 1.29 is 14.3 Å². The summed E-state index contributed by atoms with van der Waals surface area (Å²) in [7, 11) is 0. The van der Waals surface area contributed by atoms with Crippen molar-refractivity contribution in [3.8, 4) is 16.9 Å². The maximum absolute atomic E-state index is 13.4. The van der Waals surface area contributed by atoms with Crippen LogP contribution in [-0.2, 0) is 6.54 Å². The molecule has 2 aromatic heterocycles. The van der Waals surface area contributed by atoms with Gasteiger partial charge in [-0.2, -0.15) is 0 Å². The van der Waals surface area contributed by atoms with Crippen molar-refractivity contribution in [3.05, 3.63) is 82.3 Å². The first-order valence-corrected chi connectivity index (χ1v) is 9.92. The summed E-state index contributed by atoms with van der Waals surface area (Å²) in [5, 5.41) is 9.62. The largest absolute Gasteiger partial charge is 0.505 e. The van der Waals surface area contributed by atoms with Gasteiger partial charge in [0.05, 0.1) is 0 Å². The van der Waals surface area contributed by atoms with Crippen molar-refractivity contribution in [2.75, 3.05) is 13.1 Å². The van der Waals surface area contributed by atoms with Crippen LogP contribution in [0, 0.1) is 11.7 Å². The first-order chi connectivity index (χ1) is 14.5. The molecule has 7 heteroatoms. The highest BCUT2D eigenvalue weighted by molar-refractivity contribution is 5.94.